The van der Waals surface area contributed by atoms with Gasteiger partial charge in [-0.3, -0.25) is 4.79 Å². The Hall–Kier alpha value is -1.80. The van der Waals surface area contributed by atoms with Gasteiger partial charge in [0.2, 0.25) is 5.89 Å². The van der Waals surface area contributed by atoms with E-state index in [1.54, 1.807) is 19.2 Å². The predicted molar refractivity (Wildman–Crippen MR) is 73.3 cm³/mol. The fourth-order valence-corrected chi connectivity index (χ4v) is 2.08. The summed E-state index contributed by atoms with van der Waals surface area (Å²) < 4.78 is 5.35. The molecule has 0 aliphatic rings. The number of amides is 1. The first-order valence-electron chi connectivity index (χ1n) is 6.22. The first-order chi connectivity index (χ1) is 9.41. The second-order valence-electron chi connectivity index (χ2n) is 4.77. The van der Waals surface area contributed by atoms with Gasteiger partial charge in [0.15, 0.2) is 5.01 Å². The van der Waals surface area contributed by atoms with Crippen molar-refractivity contribution in [1.29, 1.82) is 0 Å². The van der Waals surface area contributed by atoms with Gasteiger partial charge in [0, 0.05) is 11.9 Å². The average Bonchev–Trinajstić information content (AvgIpc) is 3.02. The minimum absolute atomic E-state index is 0.111. The van der Waals surface area contributed by atoms with Crippen molar-refractivity contribution in [2.45, 2.75) is 32.8 Å². The van der Waals surface area contributed by atoms with E-state index < -0.39 is 5.60 Å². The maximum Gasteiger partial charge on any atom is 0.276 e. The first kappa shape index (κ1) is 14.6. The molecule has 2 rings (SSSR count). The zero-order chi connectivity index (χ0) is 14.8. The number of rotatable bonds is 5. The van der Waals surface area contributed by atoms with Crippen LogP contribution in [0.2, 0.25) is 0 Å². The van der Waals surface area contributed by atoms with Crippen LogP contribution in [0, 0.1) is 0 Å². The molecule has 0 spiro atoms. The molecule has 2 aromatic heterocycles. The summed E-state index contributed by atoms with van der Waals surface area (Å²) >= 11 is 1.24. The summed E-state index contributed by atoms with van der Waals surface area (Å²) in [5, 5.41) is 22.2. The molecule has 7 nitrogen and oxygen atoms in total. The Labute approximate surface area is 120 Å². The van der Waals surface area contributed by atoms with Gasteiger partial charge in [0.05, 0.1) is 0 Å². The summed E-state index contributed by atoms with van der Waals surface area (Å²) in [7, 11) is 0. The lowest BCUT2D eigenvalue weighted by atomic mass is 10.1. The Bertz CT molecular complexity index is 600. The maximum atomic E-state index is 11.7. The van der Waals surface area contributed by atoms with E-state index in [1.165, 1.54) is 11.3 Å². The van der Waals surface area contributed by atoms with Crippen molar-refractivity contribution >= 4 is 17.2 Å². The van der Waals surface area contributed by atoms with Gasteiger partial charge < -0.3 is 14.8 Å². The lowest BCUT2D eigenvalue weighted by molar-refractivity contribution is 0.0487. The van der Waals surface area contributed by atoms with E-state index in [2.05, 4.69) is 20.5 Å². The Morgan fingerprint density at radius 2 is 2.25 bits per heavy atom. The van der Waals surface area contributed by atoms with Crippen molar-refractivity contribution in [3.05, 3.63) is 17.0 Å². The van der Waals surface area contributed by atoms with Gasteiger partial charge in [-0.1, -0.05) is 6.92 Å². The normalized spacial score (nSPS) is 11.6. The van der Waals surface area contributed by atoms with E-state index in [4.69, 9.17) is 4.42 Å². The number of hydrogen-bond donors (Lipinski definition) is 2. The van der Waals surface area contributed by atoms with Crippen LogP contribution in [0.3, 0.4) is 0 Å². The summed E-state index contributed by atoms with van der Waals surface area (Å²) in [5.41, 5.74) is -0.884. The molecule has 1 amide bonds. The van der Waals surface area contributed by atoms with Crippen molar-refractivity contribution in [1.82, 2.24) is 20.5 Å². The van der Waals surface area contributed by atoms with Crippen LogP contribution in [0.15, 0.2) is 9.80 Å². The Morgan fingerprint density at radius 3 is 2.85 bits per heavy atom. The number of thiazole rings is 1. The van der Waals surface area contributed by atoms with Crippen LogP contribution in [0.1, 0.15) is 43.6 Å². The Kier molecular flexibility index (Phi) is 4.15. The zero-order valence-electron chi connectivity index (χ0n) is 11.5. The topological polar surface area (TPSA) is 101 Å². The summed E-state index contributed by atoms with van der Waals surface area (Å²) in [6.07, 6.45) is 0.862. The van der Waals surface area contributed by atoms with Crippen LogP contribution < -0.4 is 5.32 Å². The monoisotopic (exact) mass is 296 g/mol. The van der Waals surface area contributed by atoms with Crippen molar-refractivity contribution in [2.24, 2.45) is 0 Å². The molecule has 0 saturated carbocycles. The van der Waals surface area contributed by atoms with E-state index in [0.29, 0.717) is 17.2 Å². The summed E-state index contributed by atoms with van der Waals surface area (Å²) in [5.74, 6) is 0.0814. The average molecular weight is 296 g/mol. The molecule has 2 N–H and O–H groups in total. The van der Waals surface area contributed by atoms with Crippen molar-refractivity contribution in [3.8, 4) is 10.9 Å². The third kappa shape index (κ3) is 3.20. The maximum absolute atomic E-state index is 11.7. The molecular formula is C12H16N4O3S. The Balaban J connectivity index is 2.16. The van der Waals surface area contributed by atoms with Crippen molar-refractivity contribution < 1.29 is 14.3 Å². The molecule has 0 bridgehead atoms. The molecule has 108 valence electrons. The van der Waals surface area contributed by atoms with Crippen LogP contribution in [0.25, 0.3) is 10.9 Å². The SMILES string of the molecule is CCCNC(=O)c1csc(-c2nnc(C(C)(C)O)o2)n1. The smallest absolute Gasteiger partial charge is 0.276 e. The molecule has 0 fully saturated rings. The Morgan fingerprint density at radius 1 is 1.50 bits per heavy atom. The molecule has 0 saturated heterocycles. The molecule has 2 aromatic rings. The molecule has 2 heterocycles. The fourth-order valence-electron chi connectivity index (χ4n) is 1.36. The highest BCUT2D eigenvalue weighted by Gasteiger charge is 2.25. The number of aromatic nitrogens is 3. The van der Waals surface area contributed by atoms with Crippen LogP contribution in [0.5, 0.6) is 0 Å². The molecular weight excluding hydrogens is 280 g/mol. The van der Waals surface area contributed by atoms with Gasteiger partial charge in [-0.05, 0) is 20.3 Å². The van der Waals surface area contributed by atoms with E-state index in [0.717, 1.165) is 6.42 Å². The minimum atomic E-state index is -1.20. The van der Waals surface area contributed by atoms with Gasteiger partial charge in [-0.15, -0.1) is 21.5 Å². The minimum Gasteiger partial charge on any atom is -0.415 e. The summed E-state index contributed by atoms with van der Waals surface area (Å²) in [4.78, 5) is 15.9. The first-order valence-corrected chi connectivity index (χ1v) is 7.10. The van der Waals surface area contributed by atoms with Crippen LogP contribution >= 0.6 is 11.3 Å². The third-order valence-electron chi connectivity index (χ3n) is 2.40. The standard InChI is InChI=1S/C12H16N4O3S/c1-4-5-13-8(17)7-6-20-10(14-7)9-15-16-11(19-9)12(2,3)18/h6,18H,4-5H2,1-3H3,(H,13,17). The van der Waals surface area contributed by atoms with E-state index in [9.17, 15) is 9.90 Å². The number of aliphatic hydroxyl groups is 1. The zero-order valence-corrected chi connectivity index (χ0v) is 12.3. The highest BCUT2D eigenvalue weighted by atomic mass is 32.1. The summed E-state index contributed by atoms with van der Waals surface area (Å²) in [6, 6.07) is 0. The fraction of sp³-hybridized carbons (Fsp3) is 0.500. The van der Waals surface area contributed by atoms with Gasteiger partial charge in [0.25, 0.3) is 11.8 Å². The van der Waals surface area contributed by atoms with Gasteiger partial charge in [-0.25, -0.2) is 4.98 Å². The van der Waals surface area contributed by atoms with Crippen LogP contribution in [-0.2, 0) is 5.60 Å². The quantitative estimate of drug-likeness (QED) is 0.868. The molecule has 0 radical (unpaired) electrons. The number of nitrogens with one attached hydrogen (secondary N) is 1. The van der Waals surface area contributed by atoms with E-state index >= 15 is 0 Å². The van der Waals surface area contributed by atoms with E-state index in [1.807, 2.05) is 6.92 Å². The number of carbonyl (C=O) groups is 1. The molecule has 20 heavy (non-hydrogen) atoms. The second kappa shape index (κ2) is 5.68. The molecule has 8 heteroatoms. The second-order valence-corrected chi connectivity index (χ2v) is 5.62. The van der Waals surface area contributed by atoms with E-state index in [-0.39, 0.29) is 17.7 Å². The molecule has 0 atom stereocenters. The number of carbonyl (C=O) groups excluding carboxylic acids is 1. The van der Waals surface area contributed by atoms with Gasteiger partial charge in [0.1, 0.15) is 11.3 Å². The lowest BCUT2D eigenvalue weighted by Crippen LogP contribution is -2.24. The molecule has 0 aromatic carbocycles. The van der Waals surface area contributed by atoms with Crippen molar-refractivity contribution in [2.75, 3.05) is 6.54 Å². The third-order valence-corrected chi connectivity index (χ3v) is 3.23. The molecule has 0 aliphatic carbocycles. The predicted octanol–water partition coefficient (Wildman–Crippen LogP) is 1.56. The molecule has 0 unspecified atom stereocenters. The number of nitrogens with zero attached hydrogens (tertiary/aromatic N) is 3. The highest BCUT2D eigenvalue weighted by Crippen LogP contribution is 2.26. The highest BCUT2D eigenvalue weighted by molar-refractivity contribution is 7.13. The van der Waals surface area contributed by atoms with Crippen LogP contribution in [-0.4, -0.2) is 32.7 Å². The van der Waals surface area contributed by atoms with Gasteiger partial charge >= 0.3 is 0 Å². The summed E-state index contributed by atoms with van der Waals surface area (Å²) in [6.45, 7) is 5.68. The largest absolute Gasteiger partial charge is 0.415 e. The van der Waals surface area contributed by atoms with Crippen LogP contribution in [0.4, 0.5) is 0 Å². The van der Waals surface area contributed by atoms with Gasteiger partial charge in [-0.2, -0.15) is 0 Å². The number of hydrogen-bond acceptors (Lipinski definition) is 7. The molecule has 0 aliphatic heterocycles. The van der Waals surface area contributed by atoms with Crippen molar-refractivity contribution in [3.63, 3.8) is 0 Å². The lowest BCUT2D eigenvalue weighted by Gasteiger charge is -2.09.